The fraction of sp³-hybridized carbons (Fsp3) is 0.500. The van der Waals surface area contributed by atoms with Crippen LogP contribution in [-0.2, 0) is 11.3 Å². The molecule has 150 valence electrons. The molecule has 6 nitrogen and oxygen atoms in total. The molecule has 1 aliphatic carbocycles. The number of benzene rings is 1. The molecule has 1 atom stereocenters. The highest BCUT2D eigenvalue weighted by Gasteiger charge is 2.34. The average Bonchev–Trinajstić information content (AvgIpc) is 3.45. The number of rotatable bonds is 5. The van der Waals surface area contributed by atoms with Gasteiger partial charge >= 0.3 is 6.09 Å². The Labute approximate surface area is 173 Å². The summed E-state index contributed by atoms with van der Waals surface area (Å²) >= 11 is 12.8. The van der Waals surface area contributed by atoms with Crippen molar-refractivity contribution in [1.29, 1.82) is 0 Å². The number of halogens is 2. The lowest BCUT2D eigenvalue weighted by molar-refractivity contribution is 0.0309. The van der Waals surface area contributed by atoms with Gasteiger partial charge in [-0.3, -0.25) is 0 Å². The minimum absolute atomic E-state index is 0.000806. The first-order valence-electron chi connectivity index (χ1n) is 9.57. The molecule has 8 heteroatoms. The number of ether oxygens (including phenoxy) is 1. The van der Waals surface area contributed by atoms with Crippen molar-refractivity contribution < 1.29 is 19.2 Å². The molecule has 2 aliphatic rings. The zero-order chi connectivity index (χ0) is 19.7. The summed E-state index contributed by atoms with van der Waals surface area (Å²) in [5, 5.41) is 14.5. The van der Waals surface area contributed by atoms with Crippen molar-refractivity contribution in [2.75, 3.05) is 13.1 Å². The van der Waals surface area contributed by atoms with E-state index < -0.39 is 6.09 Å². The second kappa shape index (κ2) is 8.31. The highest BCUT2D eigenvalue weighted by molar-refractivity contribution is 6.39. The van der Waals surface area contributed by atoms with E-state index in [0.717, 1.165) is 37.0 Å². The minimum Gasteiger partial charge on any atom is -0.465 e. The molecule has 1 saturated carbocycles. The number of aromatic nitrogens is 1. The van der Waals surface area contributed by atoms with Gasteiger partial charge in [-0.1, -0.05) is 34.4 Å². The molecule has 28 heavy (non-hydrogen) atoms. The number of nitrogens with zero attached hydrogens (tertiary/aromatic N) is 2. The Morgan fingerprint density at radius 1 is 1.21 bits per heavy atom. The van der Waals surface area contributed by atoms with Crippen LogP contribution < -0.4 is 0 Å². The summed E-state index contributed by atoms with van der Waals surface area (Å²) < 4.78 is 11.9. The highest BCUT2D eigenvalue weighted by atomic mass is 35.5. The Morgan fingerprint density at radius 2 is 1.96 bits per heavy atom. The predicted molar refractivity (Wildman–Crippen MR) is 106 cm³/mol. The highest BCUT2D eigenvalue weighted by Crippen LogP contribution is 2.46. The maximum absolute atomic E-state index is 11.2. The van der Waals surface area contributed by atoms with Crippen LogP contribution in [0.25, 0.3) is 11.3 Å². The average molecular weight is 425 g/mol. The van der Waals surface area contributed by atoms with Gasteiger partial charge in [0.2, 0.25) is 0 Å². The third-order valence-corrected chi connectivity index (χ3v) is 6.01. The second-order valence-corrected chi connectivity index (χ2v) is 8.19. The Balaban J connectivity index is 1.54. The molecule has 1 aromatic carbocycles. The van der Waals surface area contributed by atoms with Crippen molar-refractivity contribution in [2.45, 2.75) is 50.7 Å². The topological polar surface area (TPSA) is 75.8 Å². The van der Waals surface area contributed by atoms with Crippen LogP contribution in [0.15, 0.2) is 22.7 Å². The molecule has 0 bridgehead atoms. The van der Waals surface area contributed by atoms with Gasteiger partial charge in [0.1, 0.15) is 11.5 Å². The first kappa shape index (κ1) is 19.6. The van der Waals surface area contributed by atoms with Crippen LogP contribution in [0.4, 0.5) is 4.79 Å². The lowest BCUT2D eigenvalue weighted by Crippen LogP contribution is -2.30. The summed E-state index contributed by atoms with van der Waals surface area (Å²) in [7, 11) is 0. The van der Waals surface area contributed by atoms with Crippen LogP contribution in [0.1, 0.15) is 49.3 Å². The Bertz CT molecular complexity index is 846. The van der Waals surface area contributed by atoms with Gasteiger partial charge in [0.25, 0.3) is 0 Å². The zero-order valence-corrected chi connectivity index (χ0v) is 16.9. The summed E-state index contributed by atoms with van der Waals surface area (Å²) in [6.45, 7) is 1.39. The van der Waals surface area contributed by atoms with E-state index in [1.54, 1.807) is 18.2 Å². The van der Waals surface area contributed by atoms with Crippen molar-refractivity contribution in [3.8, 4) is 11.3 Å². The molecule has 2 fully saturated rings. The molecular formula is C20H22Cl2N2O4. The first-order valence-corrected chi connectivity index (χ1v) is 10.3. The van der Waals surface area contributed by atoms with Gasteiger partial charge in [-0.15, -0.1) is 0 Å². The van der Waals surface area contributed by atoms with E-state index in [0.29, 0.717) is 53.3 Å². The van der Waals surface area contributed by atoms with E-state index in [1.807, 2.05) is 0 Å². The van der Waals surface area contributed by atoms with E-state index in [4.69, 9.17) is 32.5 Å². The van der Waals surface area contributed by atoms with Crippen LogP contribution in [0.2, 0.25) is 10.0 Å². The van der Waals surface area contributed by atoms with E-state index in [9.17, 15) is 9.90 Å². The van der Waals surface area contributed by atoms with Crippen LogP contribution in [0.5, 0.6) is 0 Å². The summed E-state index contributed by atoms with van der Waals surface area (Å²) in [4.78, 5) is 12.6. The van der Waals surface area contributed by atoms with Gasteiger partial charge in [0.15, 0.2) is 0 Å². The minimum atomic E-state index is -0.869. The maximum Gasteiger partial charge on any atom is 0.407 e. The van der Waals surface area contributed by atoms with Crippen molar-refractivity contribution in [2.24, 2.45) is 0 Å². The molecule has 1 N–H and O–H groups in total. The molecule has 2 aromatic rings. The molecule has 1 amide bonds. The van der Waals surface area contributed by atoms with Crippen LogP contribution in [-0.4, -0.2) is 40.4 Å². The van der Waals surface area contributed by atoms with Gasteiger partial charge in [-0.05, 0) is 44.2 Å². The number of likely N-dealkylation sites (tertiary alicyclic amines) is 1. The number of amides is 1. The van der Waals surface area contributed by atoms with Crippen LogP contribution in [0.3, 0.4) is 0 Å². The summed E-state index contributed by atoms with van der Waals surface area (Å²) in [5.74, 6) is 1.23. The third kappa shape index (κ3) is 4.14. The van der Waals surface area contributed by atoms with E-state index >= 15 is 0 Å². The predicted octanol–water partition coefficient (Wildman–Crippen LogP) is 5.57. The quantitative estimate of drug-likeness (QED) is 0.677. The van der Waals surface area contributed by atoms with Crippen molar-refractivity contribution in [1.82, 2.24) is 10.1 Å². The van der Waals surface area contributed by atoms with E-state index in [1.165, 1.54) is 4.90 Å². The molecule has 1 aliphatic heterocycles. The van der Waals surface area contributed by atoms with Crippen molar-refractivity contribution in [3.63, 3.8) is 0 Å². The van der Waals surface area contributed by atoms with Crippen molar-refractivity contribution in [3.05, 3.63) is 39.6 Å². The first-order chi connectivity index (χ1) is 13.5. The molecule has 1 unspecified atom stereocenters. The van der Waals surface area contributed by atoms with Crippen LogP contribution >= 0.6 is 23.2 Å². The molecular weight excluding hydrogens is 403 g/mol. The molecule has 1 saturated heterocycles. The molecule has 0 radical (unpaired) electrons. The maximum atomic E-state index is 11.2. The molecule has 1 aromatic heterocycles. The second-order valence-electron chi connectivity index (χ2n) is 7.38. The van der Waals surface area contributed by atoms with Gasteiger partial charge < -0.3 is 19.3 Å². The zero-order valence-electron chi connectivity index (χ0n) is 15.4. The fourth-order valence-electron chi connectivity index (χ4n) is 3.67. The largest absolute Gasteiger partial charge is 0.465 e. The third-order valence-electron chi connectivity index (χ3n) is 5.38. The number of carbonyl (C=O) groups is 1. The number of carboxylic acid groups (broad SMARTS) is 1. The molecule has 0 spiro atoms. The standard InChI is InChI=1S/C20H22Cl2N2O4/c21-15-4-1-5-16(22)17(15)18-14(19(28-23-18)12-6-7-12)11-27-13-3-2-9-24(10-8-13)20(25)26/h1,4-5,12-13H,2-3,6-11H2,(H,25,26). The van der Waals surface area contributed by atoms with Gasteiger partial charge in [0.05, 0.1) is 22.8 Å². The van der Waals surface area contributed by atoms with Gasteiger partial charge in [-0.2, -0.15) is 0 Å². The van der Waals surface area contributed by atoms with E-state index in [-0.39, 0.29) is 6.10 Å². The Morgan fingerprint density at radius 3 is 2.64 bits per heavy atom. The summed E-state index contributed by atoms with van der Waals surface area (Å²) in [6, 6.07) is 5.36. The number of hydrogen-bond donors (Lipinski definition) is 1. The summed E-state index contributed by atoms with van der Waals surface area (Å²) in [5.41, 5.74) is 2.20. The molecule has 2 heterocycles. The Kier molecular flexibility index (Phi) is 5.80. The van der Waals surface area contributed by atoms with Gasteiger partial charge in [0, 0.05) is 30.1 Å². The lowest BCUT2D eigenvalue weighted by Gasteiger charge is -2.17. The van der Waals surface area contributed by atoms with Crippen LogP contribution in [0, 0.1) is 0 Å². The monoisotopic (exact) mass is 424 g/mol. The Hall–Kier alpha value is -1.76. The summed E-state index contributed by atoms with van der Waals surface area (Å²) in [6.07, 6.45) is 3.59. The normalized spacial score (nSPS) is 20.2. The van der Waals surface area contributed by atoms with Crippen molar-refractivity contribution >= 4 is 29.3 Å². The SMILES string of the molecule is O=C(O)N1CCCC(OCc2c(-c3c(Cl)cccc3Cl)noc2C2CC2)CC1. The number of hydrogen-bond acceptors (Lipinski definition) is 4. The van der Waals surface area contributed by atoms with Gasteiger partial charge in [-0.25, -0.2) is 4.79 Å². The molecule has 4 rings (SSSR count). The fourth-order valence-corrected chi connectivity index (χ4v) is 4.25. The van der Waals surface area contributed by atoms with E-state index in [2.05, 4.69) is 5.16 Å². The smallest absolute Gasteiger partial charge is 0.407 e. The lowest BCUT2D eigenvalue weighted by atomic mass is 10.0.